The van der Waals surface area contributed by atoms with Crippen LogP contribution in [0.3, 0.4) is 0 Å². The van der Waals surface area contributed by atoms with Crippen LogP contribution in [0.1, 0.15) is 35.9 Å². The molecule has 1 N–H and O–H groups in total. The average molecular weight is 339 g/mol. The summed E-state index contributed by atoms with van der Waals surface area (Å²) in [7, 11) is 0. The van der Waals surface area contributed by atoms with Gasteiger partial charge in [-0.25, -0.2) is 4.39 Å². The number of aromatic amines is 1. The molecule has 6 heteroatoms. The molecule has 1 aromatic heterocycles. The second-order valence-electron chi connectivity index (χ2n) is 5.77. The molecule has 1 amide bonds. The van der Waals surface area contributed by atoms with Crippen LogP contribution in [0.4, 0.5) is 4.39 Å². The van der Waals surface area contributed by atoms with Gasteiger partial charge in [0.1, 0.15) is 5.82 Å². The van der Waals surface area contributed by atoms with Crippen LogP contribution in [0.25, 0.3) is 10.9 Å². The molecule has 1 atom stereocenters. The van der Waals surface area contributed by atoms with E-state index in [9.17, 15) is 14.0 Å². The van der Waals surface area contributed by atoms with Crippen LogP contribution in [-0.4, -0.2) is 27.5 Å². The second-order valence-corrected chi connectivity index (χ2v) is 5.77. The summed E-state index contributed by atoms with van der Waals surface area (Å²) in [6.45, 7) is 4.06. The van der Waals surface area contributed by atoms with Crippen molar-refractivity contribution >= 4 is 16.8 Å². The van der Waals surface area contributed by atoms with Crippen molar-refractivity contribution in [2.75, 3.05) is 6.54 Å². The van der Waals surface area contributed by atoms with Crippen LogP contribution in [0.5, 0.6) is 0 Å². The fourth-order valence-corrected chi connectivity index (χ4v) is 2.87. The van der Waals surface area contributed by atoms with Crippen molar-refractivity contribution in [1.29, 1.82) is 0 Å². The molecule has 0 spiro atoms. The van der Waals surface area contributed by atoms with Crippen LogP contribution >= 0.6 is 0 Å². The highest BCUT2D eigenvalue weighted by atomic mass is 19.1. The maximum atomic E-state index is 13.1. The van der Waals surface area contributed by atoms with Gasteiger partial charge in [-0.15, -0.1) is 0 Å². The van der Waals surface area contributed by atoms with Crippen molar-refractivity contribution in [2.24, 2.45) is 0 Å². The van der Waals surface area contributed by atoms with Gasteiger partial charge in [0.05, 0.1) is 11.6 Å². The summed E-state index contributed by atoms with van der Waals surface area (Å²) in [4.78, 5) is 27.0. The highest BCUT2D eigenvalue weighted by molar-refractivity contribution is 5.95. The van der Waals surface area contributed by atoms with Crippen LogP contribution < -0.4 is 5.43 Å². The molecule has 1 heterocycles. The number of hydrogen-bond acceptors (Lipinski definition) is 3. The lowest BCUT2D eigenvalue weighted by Crippen LogP contribution is -2.37. The molecule has 5 nitrogen and oxygen atoms in total. The molecule has 3 rings (SSSR count). The Morgan fingerprint density at radius 3 is 2.56 bits per heavy atom. The number of H-pyrrole nitrogens is 1. The second kappa shape index (κ2) is 6.84. The van der Waals surface area contributed by atoms with E-state index in [4.69, 9.17) is 0 Å². The van der Waals surface area contributed by atoms with Gasteiger partial charge in [0, 0.05) is 11.9 Å². The molecule has 25 heavy (non-hydrogen) atoms. The van der Waals surface area contributed by atoms with Crippen molar-refractivity contribution < 1.29 is 9.18 Å². The van der Waals surface area contributed by atoms with Crippen LogP contribution in [0.15, 0.2) is 53.3 Å². The van der Waals surface area contributed by atoms with Gasteiger partial charge in [-0.3, -0.25) is 14.7 Å². The Hall–Kier alpha value is -3.02. The summed E-state index contributed by atoms with van der Waals surface area (Å²) in [6, 6.07) is 12.6. The molecule has 0 saturated heterocycles. The minimum absolute atomic E-state index is 0.144. The fourth-order valence-electron chi connectivity index (χ4n) is 2.87. The van der Waals surface area contributed by atoms with Gasteiger partial charge < -0.3 is 4.90 Å². The minimum Gasteiger partial charge on any atom is -0.331 e. The van der Waals surface area contributed by atoms with E-state index in [1.165, 1.54) is 12.1 Å². The first-order valence-corrected chi connectivity index (χ1v) is 8.06. The van der Waals surface area contributed by atoms with Gasteiger partial charge >= 0.3 is 0 Å². The lowest BCUT2D eigenvalue weighted by atomic mass is 10.1. The van der Waals surface area contributed by atoms with E-state index in [1.807, 2.05) is 13.8 Å². The summed E-state index contributed by atoms with van der Waals surface area (Å²) >= 11 is 0. The Bertz CT molecular complexity index is 966. The number of hydrogen-bond donors (Lipinski definition) is 1. The van der Waals surface area contributed by atoms with Gasteiger partial charge in [0.15, 0.2) is 5.69 Å². The molecule has 0 radical (unpaired) electrons. The quantitative estimate of drug-likeness (QED) is 0.793. The number of fused-ring (bicyclic) bond motifs is 1. The van der Waals surface area contributed by atoms with Crippen molar-refractivity contribution in [3.63, 3.8) is 0 Å². The number of para-hydroxylation sites is 1. The Morgan fingerprint density at radius 1 is 1.20 bits per heavy atom. The fraction of sp³-hybridized carbons (Fsp3) is 0.211. The summed E-state index contributed by atoms with van der Waals surface area (Å²) in [5.41, 5.74) is 0.825. The number of carbonyl (C=O) groups excluding carboxylic acids is 1. The lowest BCUT2D eigenvalue weighted by molar-refractivity contribution is 0.0694. The van der Waals surface area contributed by atoms with Crippen LogP contribution in [-0.2, 0) is 0 Å². The predicted octanol–water partition coefficient (Wildman–Crippen LogP) is 3.29. The van der Waals surface area contributed by atoms with Crippen molar-refractivity contribution in [3.8, 4) is 0 Å². The molecule has 0 bridgehead atoms. The summed E-state index contributed by atoms with van der Waals surface area (Å²) < 4.78 is 13.1. The molecule has 1 unspecified atom stereocenters. The maximum Gasteiger partial charge on any atom is 0.278 e. The molecule has 0 saturated carbocycles. The van der Waals surface area contributed by atoms with E-state index in [0.717, 1.165) is 5.56 Å². The zero-order valence-electron chi connectivity index (χ0n) is 14.0. The number of aromatic nitrogens is 2. The van der Waals surface area contributed by atoms with Gasteiger partial charge in [-0.2, -0.15) is 5.10 Å². The zero-order valence-corrected chi connectivity index (χ0v) is 14.0. The number of halogens is 1. The smallest absolute Gasteiger partial charge is 0.278 e. The number of carbonyl (C=O) groups is 1. The third kappa shape index (κ3) is 3.15. The summed E-state index contributed by atoms with van der Waals surface area (Å²) in [5, 5.41) is 7.16. The number of rotatable bonds is 4. The Kier molecular flexibility index (Phi) is 4.61. The molecule has 0 aliphatic heterocycles. The first-order valence-electron chi connectivity index (χ1n) is 8.06. The van der Waals surface area contributed by atoms with E-state index in [-0.39, 0.29) is 17.6 Å². The third-order valence-corrected chi connectivity index (χ3v) is 4.30. The number of benzene rings is 2. The Balaban J connectivity index is 1.99. The standard InChI is InChI=1S/C19H18FN3O2/c1-3-23(12(2)13-8-10-14(20)11-9-13)19(25)17-18(24)15-6-4-5-7-16(15)21-22-17/h4-12H,3H2,1-2H3,(H,21,24). The highest BCUT2D eigenvalue weighted by Gasteiger charge is 2.25. The lowest BCUT2D eigenvalue weighted by Gasteiger charge is -2.28. The molecular formula is C19H18FN3O2. The molecule has 2 aromatic carbocycles. The minimum atomic E-state index is -0.452. The molecule has 0 fully saturated rings. The van der Waals surface area contributed by atoms with Crippen molar-refractivity contribution in [3.05, 3.63) is 75.8 Å². The Morgan fingerprint density at radius 2 is 1.88 bits per heavy atom. The van der Waals surface area contributed by atoms with E-state index in [2.05, 4.69) is 10.2 Å². The van der Waals surface area contributed by atoms with Gasteiger partial charge in [0.25, 0.3) is 5.91 Å². The molecular weight excluding hydrogens is 321 g/mol. The number of amides is 1. The maximum absolute atomic E-state index is 13.1. The van der Waals surface area contributed by atoms with Gasteiger partial charge in [-0.1, -0.05) is 24.3 Å². The van der Waals surface area contributed by atoms with Crippen LogP contribution in [0.2, 0.25) is 0 Å². The first kappa shape index (κ1) is 16.8. The SMILES string of the molecule is CCN(C(=O)c1n[nH]c2ccccc2c1=O)C(C)c1ccc(F)cc1. The predicted molar refractivity (Wildman–Crippen MR) is 93.9 cm³/mol. The summed E-state index contributed by atoms with van der Waals surface area (Å²) in [5.74, 6) is -0.788. The first-order chi connectivity index (χ1) is 12.0. The topological polar surface area (TPSA) is 66.1 Å². The van der Waals surface area contributed by atoms with E-state index in [0.29, 0.717) is 17.4 Å². The summed E-state index contributed by atoms with van der Waals surface area (Å²) in [6.07, 6.45) is 0. The normalized spacial score (nSPS) is 12.1. The van der Waals surface area contributed by atoms with Crippen molar-refractivity contribution in [1.82, 2.24) is 15.1 Å². The zero-order chi connectivity index (χ0) is 18.0. The Labute approximate surface area is 144 Å². The third-order valence-electron chi connectivity index (χ3n) is 4.30. The molecule has 0 aliphatic rings. The molecule has 0 aliphatic carbocycles. The number of nitrogens with zero attached hydrogens (tertiary/aromatic N) is 2. The number of nitrogens with one attached hydrogen (secondary N) is 1. The molecule has 128 valence electrons. The average Bonchev–Trinajstić information content (AvgIpc) is 2.63. The van der Waals surface area contributed by atoms with E-state index < -0.39 is 11.3 Å². The monoisotopic (exact) mass is 339 g/mol. The molecule has 3 aromatic rings. The van der Waals surface area contributed by atoms with Gasteiger partial charge in [-0.05, 0) is 43.7 Å². The van der Waals surface area contributed by atoms with E-state index >= 15 is 0 Å². The highest BCUT2D eigenvalue weighted by Crippen LogP contribution is 2.21. The largest absolute Gasteiger partial charge is 0.331 e. The van der Waals surface area contributed by atoms with Crippen LogP contribution in [0, 0.1) is 5.82 Å². The van der Waals surface area contributed by atoms with Crippen molar-refractivity contribution in [2.45, 2.75) is 19.9 Å². The van der Waals surface area contributed by atoms with E-state index in [1.54, 1.807) is 41.3 Å². The van der Waals surface area contributed by atoms with Gasteiger partial charge in [0.2, 0.25) is 5.43 Å².